The molecule has 0 aromatic heterocycles. The average Bonchev–Trinajstić information content (AvgIpc) is 2.12. The lowest BCUT2D eigenvalue weighted by Gasteiger charge is -2.36. The summed E-state index contributed by atoms with van der Waals surface area (Å²) in [6.07, 6.45) is 7.64. The van der Waals surface area contributed by atoms with Gasteiger partial charge in [0.15, 0.2) is 0 Å². The van der Waals surface area contributed by atoms with Crippen molar-refractivity contribution in [2.75, 3.05) is 0 Å². The monoisotopic (exact) mass is 166 g/mol. The Morgan fingerprint density at radius 3 is 2.67 bits per heavy atom. The van der Waals surface area contributed by atoms with Gasteiger partial charge in [0.2, 0.25) is 0 Å². The molecule has 0 amide bonds. The van der Waals surface area contributed by atoms with E-state index in [1.807, 2.05) is 0 Å². The van der Waals surface area contributed by atoms with E-state index in [1.54, 1.807) is 0 Å². The van der Waals surface area contributed by atoms with E-state index >= 15 is 0 Å². The maximum absolute atomic E-state index is 11.8. The van der Waals surface area contributed by atoms with Crippen molar-refractivity contribution in [2.24, 2.45) is 17.8 Å². The van der Waals surface area contributed by atoms with Gasteiger partial charge in [0.1, 0.15) is 5.78 Å². The predicted molar refractivity (Wildman–Crippen MR) is 48.9 cm³/mol. The first-order chi connectivity index (χ1) is 5.79. The zero-order valence-corrected chi connectivity index (χ0v) is 7.88. The van der Waals surface area contributed by atoms with Crippen LogP contribution < -0.4 is 0 Å². The van der Waals surface area contributed by atoms with Gasteiger partial charge in [0, 0.05) is 11.8 Å². The van der Waals surface area contributed by atoms with Gasteiger partial charge in [0.05, 0.1) is 0 Å². The molecule has 0 spiro atoms. The lowest BCUT2D eigenvalue weighted by molar-refractivity contribution is -0.132. The van der Waals surface area contributed by atoms with Crippen molar-refractivity contribution in [3.05, 3.63) is 0 Å². The summed E-state index contributed by atoms with van der Waals surface area (Å²) in [5.41, 5.74) is 0. The van der Waals surface area contributed by atoms with Gasteiger partial charge < -0.3 is 0 Å². The number of hydrogen-bond donors (Lipinski definition) is 0. The number of rotatable bonds is 0. The molecule has 0 aliphatic heterocycles. The second-order valence-electron chi connectivity index (χ2n) is 4.53. The van der Waals surface area contributed by atoms with Crippen LogP contribution in [0.5, 0.6) is 0 Å². The summed E-state index contributed by atoms with van der Waals surface area (Å²) in [5, 5.41) is 0. The van der Waals surface area contributed by atoms with Crippen molar-refractivity contribution in [3.8, 4) is 0 Å². The number of fused-ring (bicyclic) bond motifs is 1. The van der Waals surface area contributed by atoms with Crippen LogP contribution in [0.1, 0.15) is 45.4 Å². The van der Waals surface area contributed by atoms with Crippen LogP contribution in [0.2, 0.25) is 0 Å². The zero-order valence-electron chi connectivity index (χ0n) is 7.88. The Balaban J connectivity index is 2.08. The molecule has 0 radical (unpaired) electrons. The molecule has 0 heterocycles. The Morgan fingerprint density at radius 2 is 1.83 bits per heavy atom. The molecule has 0 N–H and O–H groups in total. The molecule has 1 nitrogen and oxygen atoms in total. The zero-order chi connectivity index (χ0) is 8.55. The third-order valence-corrected chi connectivity index (χ3v) is 3.73. The molecular weight excluding hydrogens is 148 g/mol. The topological polar surface area (TPSA) is 17.1 Å². The molecule has 0 saturated heterocycles. The van der Waals surface area contributed by atoms with Crippen LogP contribution in [0.15, 0.2) is 0 Å². The number of ketones is 1. The normalized spacial score (nSPS) is 42.4. The summed E-state index contributed by atoms with van der Waals surface area (Å²) in [6.45, 7) is 2.10. The van der Waals surface area contributed by atoms with Gasteiger partial charge >= 0.3 is 0 Å². The molecule has 2 saturated carbocycles. The number of carbonyl (C=O) groups excluding carboxylic acids is 1. The SMILES string of the molecule is CC1CCC2CCCCC2C1=O. The summed E-state index contributed by atoms with van der Waals surface area (Å²) >= 11 is 0. The van der Waals surface area contributed by atoms with E-state index in [2.05, 4.69) is 6.92 Å². The van der Waals surface area contributed by atoms with E-state index in [0.717, 1.165) is 12.3 Å². The van der Waals surface area contributed by atoms with Crippen LogP contribution in [0.4, 0.5) is 0 Å². The largest absolute Gasteiger partial charge is 0.299 e. The highest BCUT2D eigenvalue weighted by Gasteiger charge is 2.36. The van der Waals surface area contributed by atoms with Crippen molar-refractivity contribution in [1.29, 1.82) is 0 Å². The molecular formula is C11H18O. The molecule has 2 aliphatic carbocycles. The van der Waals surface area contributed by atoms with Gasteiger partial charge in [-0.05, 0) is 31.6 Å². The third kappa shape index (κ3) is 1.30. The van der Waals surface area contributed by atoms with Crippen LogP contribution in [0, 0.1) is 17.8 Å². The van der Waals surface area contributed by atoms with Crippen LogP contribution in [0.25, 0.3) is 0 Å². The lowest BCUT2D eigenvalue weighted by atomic mass is 9.67. The molecule has 2 aliphatic rings. The van der Waals surface area contributed by atoms with Crippen molar-refractivity contribution in [3.63, 3.8) is 0 Å². The second kappa shape index (κ2) is 3.20. The average molecular weight is 166 g/mol. The van der Waals surface area contributed by atoms with Gasteiger partial charge in [-0.1, -0.05) is 19.8 Å². The minimum Gasteiger partial charge on any atom is -0.299 e. The van der Waals surface area contributed by atoms with Crippen LogP contribution in [0.3, 0.4) is 0 Å². The summed E-state index contributed by atoms with van der Waals surface area (Å²) in [5.74, 6) is 2.17. The van der Waals surface area contributed by atoms with Crippen LogP contribution >= 0.6 is 0 Å². The van der Waals surface area contributed by atoms with E-state index in [1.165, 1.54) is 32.1 Å². The van der Waals surface area contributed by atoms with E-state index < -0.39 is 0 Å². The van der Waals surface area contributed by atoms with E-state index in [0.29, 0.717) is 17.6 Å². The highest BCUT2D eigenvalue weighted by molar-refractivity contribution is 5.84. The first kappa shape index (κ1) is 8.28. The summed E-state index contributed by atoms with van der Waals surface area (Å²) in [7, 11) is 0. The fourth-order valence-corrected chi connectivity index (χ4v) is 2.90. The Morgan fingerprint density at radius 1 is 1.08 bits per heavy atom. The molecule has 3 unspecified atom stereocenters. The first-order valence-electron chi connectivity index (χ1n) is 5.33. The Kier molecular flexibility index (Phi) is 2.20. The van der Waals surface area contributed by atoms with E-state index in [-0.39, 0.29) is 0 Å². The molecule has 3 atom stereocenters. The Labute approximate surface area is 74.5 Å². The standard InChI is InChI=1S/C11H18O/c1-8-6-7-9-4-2-3-5-10(9)11(8)12/h8-10H,2-7H2,1H3. The van der Waals surface area contributed by atoms with Gasteiger partial charge in [0.25, 0.3) is 0 Å². The van der Waals surface area contributed by atoms with Crippen molar-refractivity contribution < 1.29 is 4.79 Å². The molecule has 0 aromatic carbocycles. The lowest BCUT2D eigenvalue weighted by Crippen LogP contribution is -2.35. The predicted octanol–water partition coefficient (Wildman–Crippen LogP) is 2.79. The minimum absolute atomic E-state index is 0.365. The fraction of sp³-hybridized carbons (Fsp3) is 0.909. The van der Waals surface area contributed by atoms with Crippen molar-refractivity contribution in [2.45, 2.75) is 45.4 Å². The van der Waals surface area contributed by atoms with Gasteiger partial charge in [-0.3, -0.25) is 4.79 Å². The van der Waals surface area contributed by atoms with Gasteiger partial charge in [-0.15, -0.1) is 0 Å². The summed E-state index contributed by atoms with van der Waals surface area (Å²) in [4.78, 5) is 11.8. The molecule has 68 valence electrons. The quantitative estimate of drug-likeness (QED) is 0.541. The second-order valence-corrected chi connectivity index (χ2v) is 4.53. The molecule has 2 fully saturated rings. The molecule has 2 rings (SSSR count). The molecule has 1 heteroatoms. The highest BCUT2D eigenvalue weighted by Crippen LogP contribution is 2.40. The molecule has 0 bridgehead atoms. The van der Waals surface area contributed by atoms with E-state index in [9.17, 15) is 4.79 Å². The highest BCUT2D eigenvalue weighted by atomic mass is 16.1. The van der Waals surface area contributed by atoms with Gasteiger partial charge in [-0.2, -0.15) is 0 Å². The summed E-state index contributed by atoms with van der Waals surface area (Å²) < 4.78 is 0. The van der Waals surface area contributed by atoms with Crippen molar-refractivity contribution >= 4 is 5.78 Å². The summed E-state index contributed by atoms with van der Waals surface area (Å²) in [6, 6.07) is 0. The van der Waals surface area contributed by atoms with Crippen LogP contribution in [-0.2, 0) is 4.79 Å². The third-order valence-electron chi connectivity index (χ3n) is 3.73. The maximum Gasteiger partial charge on any atom is 0.139 e. The first-order valence-corrected chi connectivity index (χ1v) is 5.33. The number of hydrogen-bond acceptors (Lipinski definition) is 1. The van der Waals surface area contributed by atoms with Gasteiger partial charge in [-0.25, -0.2) is 0 Å². The van der Waals surface area contributed by atoms with E-state index in [4.69, 9.17) is 0 Å². The fourth-order valence-electron chi connectivity index (χ4n) is 2.90. The minimum atomic E-state index is 0.365. The molecule has 12 heavy (non-hydrogen) atoms. The smallest absolute Gasteiger partial charge is 0.139 e. The Hall–Kier alpha value is -0.330. The maximum atomic E-state index is 11.8. The number of Topliss-reactive ketones (excluding diaryl/α,β-unsaturated/α-hetero) is 1. The Bertz CT molecular complexity index is 185. The van der Waals surface area contributed by atoms with Crippen molar-refractivity contribution in [1.82, 2.24) is 0 Å². The van der Waals surface area contributed by atoms with Crippen LogP contribution in [-0.4, -0.2) is 5.78 Å². The molecule has 0 aromatic rings. The number of carbonyl (C=O) groups is 1.